The quantitative estimate of drug-likeness (QED) is 0.819. The molecule has 0 radical (unpaired) electrons. The topological polar surface area (TPSA) is 67.7 Å². The summed E-state index contributed by atoms with van der Waals surface area (Å²) in [5, 5.41) is 11.0. The number of nitrogens with one attached hydrogen (secondary N) is 2. The molecule has 0 atom stereocenters. The molecule has 0 bridgehead atoms. The van der Waals surface area contributed by atoms with Crippen LogP contribution in [0.4, 0.5) is 11.6 Å². The van der Waals surface area contributed by atoms with Gasteiger partial charge >= 0.3 is 0 Å². The van der Waals surface area contributed by atoms with Crippen molar-refractivity contribution in [3.63, 3.8) is 0 Å². The predicted molar refractivity (Wildman–Crippen MR) is 85.7 cm³/mol. The number of anilines is 2. The Morgan fingerprint density at radius 3 is 2.29 bits per heavy atom. The van der Waals surface area contributed by atoms with Crippen molar-refractivity contribution < 1.29 is 0 Å². The van der Waals surface area contributed by atoms with E-state index in [0.29, 0.717) is 0 Å². The summed E-state index contributed by atoms with van der Waals surface area (Å²) in [6.45, 7) is 10.7. The van der Waals surface area contributed by atoms with Crippen molar-refractivity contribution >= 4 is 11.6 Å². The van der Waals surface area contributed by atoms with Crippen LogP contribution in [0.1, 0.15) is 30.3 Å². The van der Waals surface area contributed by atoms with Crippen LogP contribution in [-0.4, -0.2) is 32.8 Å². The lowest BCUT2D eigenvalue weighted by Gasteiger charge is -2.14. The summed E-state index contributed by atoms with van der Waals surface area (Å²) in [5.41, 5.74) is 2.24. The van der Waals surface area contributed by atoms with Crippen molar-refractivity contribution in [3.8, 4) is 0 Å². The maximum atomic E-state index is 4.49. The summed E-state index contributed by atoms with van der Waals surface area (Å²) in [6, 6.07) is 0. The Balaban J connectivity index is 2.00. The van der Waals surface area contributed by atoms with Crippen LogP contribution < -0.4 is 10.6 Å². The van der Waals surface area contributed by atoms with Gasteiger partial charge in [-0.2, -0.15) is 5.10 Å². The van der Waals surface area contributed by atoms with Crippen LogP contribution in [0, 0.1) is 20.8 Å². The monoisotopic (exact) mass is 288 g/mol. The first-order valence-electron chi connectivity index (χ1n) is 7.42. The molecule has 0 unspecified atom stereocenters. The Labute approximate surface area is 126 Å². The van der Waals surface area contributed by atoms with Crippen molar-refractivity contribution in [1.82, 2.24) is 19.7 Å². The van der Waals surface area contributed by atoms with Gasteiger partial charge in [-0.1, -0.05) is 6.92 Å². The standard InChI is InChI=1S/C15H24N6/c1-5-6-16-14-12(3)15(20-13(4)19-14)17-7-8-21-10-11(2)9-18-21/h9-10H,5-8H2,1-4H3,(H2,16,17,19,20). The second kappa shape index (κ2) is 7.06. The van der Waals surface area contributed by atoms with E-state index in [-0.39, 0.29) is 0 Å². The van der Waals surface area contributed by atoms with Gasteiger partial charge in [0.25, 0.3) is 0 Å². The molecule has 2 aromatic heterocycles. The maximum Gasteiger partial charge on any atom is 0.134 e. The van der Waals surface area contributed by atoms with Crippen molar-refractivity contribution in [3.05, 3.63) is 29.3 Å². The van der Waals surface area contributed by atoms with Crippen LogP contribution in [0.3, 0.4) is 0 Å². The molecule has 0 saturated carbocycles. The normalized spacial score (nSPS) is 10.7. The van der Waals surface area contributed by atoms with Gasteiger partial charge in [0.05, 0.1) is 12.7 Å². The van der Waals surface area contributed by atoms with Gasteiger partial charge in [0.15, 0.2) is 0 Å². The van der Waals surface area contributed by atoms with Gasteiger partial charge in [-0.3, -0.25) is 4.68 Å². The molecule has 2 N–H and O–H groups in total. The van der Waals surface area contributed by atoms with E-state index in [0.717, 1.165) is 49.1 Å². The number of aromatic nitrogens is 4. The van der Waals surface area contributed by atoms with Crippen molar-refractivity contribution in [2.75, 3.05) is 23.7 Å². The van der Waals surface area contributed by atoms with E-state index in [9.17, 15) is 0 Å². The molecule has 0 aliphatic carbocycles. The Morgan fingerprint density at radius 2 is 1.71 bits per heavy atom. The van der Waals surface area contributed by atoms with E-state index in [1.54, 1.807) is 0 Å². The summed E-state index contributed by atoms with van der Waals surface area (Å²) in [7, 11) is 0. The smallest absolute Gasteiger partial charge is 0.134 e. The van der Waals surface area contributed by atoms with Crippen molar-refractivity contribution in [2.45, 2.75) is 40.7 Å². The van der Waals surface area contributed by atoms with E-state index in [4.69, 9.17) is 0 Å². The summed E-state index contributed by atoms with van der Waals surface area (Å²) >= 11 is 0. The van der Waals surface area contributed by atoms with Gasteiger partial charge in [-0.25, -0.2) is 9.97 Å². The summed E-state index contributed by atoms with van der Waals surface area (Å²) < 4.78 is 1.93. The fourth-order valence-electron chi connectivity index (χ4n) is 2.09. The highest BCUT2D eigenvalue weighted by Gasteiger charge is 2.08. The highest BCUT2D eigenvalue weighted by molar-refractivity contribution is 5.57. The molecule has 0 aliphatic rings. The van der Waals surface area contributed by atoms with Gasteiger partial charge < -0.3 is 10.6 Å². The molecule has 0 fully saturated rings. The van der Waals surface area contributed by atoms with Crippen LogP contribution >= 0.6 is 0 Å². The van der Waals surface area contributed by atoms with Crippen molar-refractivity contribution in [1.29, 1.82) is 0 Å². The number of nitrogens with zero attached hydrogens (tertiary/aromatic N) is 4. The zero-order valence-corrected chi connectivity index (χ0v) is 13.3. The lowest BCUT2D eigenvalue weighted by Crippen LogP contribution is -2.15. The van der Waals surface area contributed by atoms with Crippen LogP contribution in [0.5, 0.6) is 0 Å². The molecule has 0 aliphatic heterocycles. The second-order valence-electron chi connectivity index (χ2n) is 5.23. The van der Waals surface area contributed by atoms with Gasteiger partial charge in [-0.15, -0.1) is 0 Å². The number of hydrogen-bond acceptors (Lipinski definition) is 5. The van der Waals surface area contributed by atoms with Crippen LogP contribution in [0.15, 0.2) is 12.4 Å². The lowest BCUT2D eigenvalue weighted by molar-refractivity contribution is 0.636. The fraction of sp³-hybridized carbons (Fsp3) is 0.533. The summed E-state index contributed by atoms with van der Waals surface area (Å²) in [6.07, 6.45) is 4.98. The molecular formula is C15H24N6. The molecule has 0 saturated heterocycles. The minimum absolute atomic E-state index is 0.775. The summed E-state index contributed by atoms with van der Waals surface area (Å²) in [4.78, 5) is 8.95. The third-order valence-corrected chi connectivity index (χ3v) is 3.20. The lowest BCUT2D eigenvalue weighted by atomic mass is 10.3. The minimum Gasteiger partial charge on any atom is -0.370 e. The Morgan fingerprint density at radius 1 is 1.05 bits per heavy atom. The molecule has 0 spiro atoms. The van der Waals surface area contributed by atoms with Crippen molar-refractivity contribution in [2.24, 2.45) is 0 Å². The first-order chi connectivity index (χ1) is 10.1. The van der Waals surface area contributed by atoms with Gasteiger partial charge in [0, 0.05) is 24.8 Å². The zero-order valence-electron chi connectivity index (χ0n) is 13.3. The molecule has 6 heteroatoms. The van der Waals surface area contributed by atoms with Crippen LogP contribution in [-0.2, 0) is 6.54 Å². The molecular weight excluding hydrogens is 264 g/mol. The van der Waals surface area contributed by atoms with Gasteiger partial charge in [0.2, 0.25) is 0 Å². The van der Waals surface area contributed by atoms with E-state index in [2.05, 4.69) is 32.6 Å². The first-order valence-corrected chi connectivity index (χ1v) is 7.42. The summed E-state index contributed by atoms with van der Waals surface area (Å²) in [5.74, 6) is 2.59. The molecule has 2 rings (SSSR count). The predicted octanol–water partition coefficient (Wildman–Crippen LogP) is 2.53. The molecule has 2 heterocycles. The molecule has 21 heavy (non-hydrogen) atoms. The highest BCUT2D eigenvalue weighted by atomic mass is 15.3. The van der Waals surface area contributed by atoms with E-state index < -0.39 is 0 Å². The third-order valence-electron chi connectivity index (χ3n) is 3.20. The minimum atomic E-state index is 0.775. The first kappa shape index (κ1) is 15.3. The third kappa shape index (κ3) is 4.18. The molecule has 2 aromatic rings. The molecule has 114 valence electrons. The number of hydrogen-bond donors (Lipinski definition) is 2. The maximum absolute atomic E-state index is 4.49. The fourth-order valence-corrected chi connectivity index (χ4v) is 2.09. The molecule has 0 amide bonds. The van der Waals surface area contributed by atoms with Gasteiger partial charge in [0.1, 0.15) is 17.5 Å². The Bertz CT molecular complexity index is 590. The Hall–Kier alpha value is -2.11. The van der Waals surface area contributed by atoms with E-state index >= 15 is 0 Å². The van der Waals surface area contributed by atoms with Crippen LogP contribution in [0.25, 0.3) is 0 Å². The second-order valence-corrected chi connectivity index (χ2v) is 5.23. The number of rotatable bonds is 7. The Kier molecular flexibility index (Phi) is 5.14. The highest BCUT2D eigenvalue weighted by Crippen LogP contribution is 2.19. The SMILES string of the molecule is CCCNc1nc(C)nc(NCCn2cc(C)cn2)c1C. The zero-order chi connectivity index (χ0) is 15.2. The average molecular weight is 288 g/mol. The van der Waals surface area contributed by atoms with Gasteiger partial charge in [-0.05, 0) is 32.8 Å². The van der Waals surface area contributed by atoms with E-state index in [1.807, 2.05) is 37.8 Å². The number of aryl methyl sites for hydroxylation is 2. The molecule has 0 aromatic carbocycles. The molecule has 6 nitrogen and oxygen atoms in total. The average Bonchev–Trinajstić information content (AvgIpc) is 2.86. The van der Waals surface area contributed by atoms with Crippen LogP contribution in [0.2, 0.25) is 0 Å². The largest absolute Gasteiger partial charge is 0.370 e. The van der Waals surface area contributed by atoms with E-state index in [1.165, 1.54) is 5.56 Å².